The van der Waals surface area contributed by atoms with Crippen LogP contribution in [0.5, 0.6) is 11.5 Å². The Balaban J connectivity index is 2.30. The van der Waals surface area contributed by atoms with Crippen molar-refractivity contribution in [3.05, 3.63) is 46.5 Å². The molecule has 0 amide bonds. The van der Waals surface area contributed by atoms with Gasteiger partial charge in [-0.05, 0) is 24.3 Å². The predicted octanol–water partition coefficient (Wildman–Crippen LogP) is 2.13. The van der Waals surface area contributed by atoms with Gasteiger partial charge in [-0.2, -0.15) is 0 Å². The molecular formula is C12H12N4O3. The van der Waals surface area contributed by atoms with Crippen LogP contribution >= 0.6 is 0 Å². The van der Waals surface area contributed by atoms with E-state index in [2.05, 4.69) is 0 Å². The van der Waals surface area contributed by atoms with E-state index < -0.39 is 4.92 Å². The highest BCUT2D eigenvalue weighted by Gasteiger charge is 2.13. The van der Waals surface area contributed by atoms with Crippen molar-refractivity contribution in [2.45, 2.75) is 0 Å². The van der Waals surface area contributed by atoms with Crippen LogP contribution in [0.15, 0.2) is 36.4 Å². The van der Waals surface area contributed by atoms with Gasteiger partial charge in [-0.1, -0.05) is 0 Å². The second kappa shape index (κ2) is 4.73. The number of anilines is 3. The summed E-state index contributed by atoms with van der Waals surface area (Å²) in [4.78, 5) is 10.2. The zero-order valence-corrected chi connectivity index (χ0v) is 9.87. The van der Waals surface area contributed by atoms with Crippen molar-refractivity contribution in [3.8, 4) is 11.5 Å². The number of nitro groups is 1. The van der Waals surface area contributed by atoms with E-state index in [0.717, 1.165) is 0 Å². The molecule has 0 saturated carbocycles. The van der Waals surface area contributed by atoms with E-state index in [4.69, 9.17) is 21.9 Å². The molecule has 0 atom stereocenters. The van der Waals surface area contributed by atoms with Gasteiger partial charge in [0.15, 0.2) is 0 Å². The molecule has 6 N–H and O–H groups in total. The fourth-order valence-electron chi connectivity index (χ4n) is 1.50. The number of hydrogen-bond donors (Lipinski definition) is 3. The summed E-state index contributed by atoms with van der Waals surface area (Å²) in [7, 11) is 0. The molecule has 0 spiro atoms. The molecule has 0 aliphatic heterocycles. The third-order valence-electron chi connectivity index (χ3n) is 2.49. The molecule has 0 unspecified atom stereocenters. The van der Waals surface area contributed by atoms with Gasteiger partial charge < -0.3 is 21.9 Å². The average Bonchev–Trinajstić information content (AvgIpc) is 2.36. The van der Waals surface area contributed by atoms with E-state index >= 15 is 0 Å². The average molecular weight is 260 g/mol. The first-order valence-corrected chi connectivity index (χ1v) is 5.34. The Morgan fingerprint density at radius 3 is 2.05 bits per heavy atom. The summed E-state index contributed by atoms with van der Waals surface area (Å²) >= 11 is 0. The number of nitrogen functional groups attached to an aromatic ring is 3. The summed E-state index contributed by atoms with van der Waals surface area (Å²) < 4.78 is 5.46. The van der Waals surface area contributed by atoms with Crippen molar-refractivity contribution >= 4 is 22.7 Å². The van der Waals surface area contributed by atoms with Crippen molar-refractivity contribution in [1.29, 1.82) is 0 Å². The fourth-order valence-corrected chi connectivity index (χ4v) is 1.50. The zero-order chi connectivity index (χ0) is 14.0. The Labute approximate surface area is 108 Å². The monoisotopic (exact) mass is 260 g/mol. The third kappa shape index (κ3) is 2.65. The lowest BCUT2D eigenvalue weighted by atomic mass is 10.2. The maximum Gasteiger partial charge on any atom is 0.295 e. The smallest absolute Gasteiger partial charge is 0.295 e. The molecule has 7 nitrogen and oxygen atoms in total. The molecule has 0 radical (unpaired) electrons. The summed E-state index contributed by atoms with van der Waals surface area (Å²) in [5, 5.41) is 10.8. The minimum absolute atomic E-state index is 0.0779. The van der Waals surface area contributed by atoms with Crippen LogP contribution in [-0.2, 0) is 0 Å². The van der Waals surface area contributed by atoms with E-state index in [1.54, 1.807) is 12.1 Å². The van der Waals surface area contributed by atoms with Gasteiger partial charge in [-0.3, -0.25) is 10.1 Å². The van der Waals surface area contributed by atoms with Gasteiger partial charge in [0.25, 0.3) is 5.69 Å². The van der Waals surface area contributed by atoms with Gasteiger partial charge in [-0.15, -0.1) is 0 Å². The second-order valence-corrected chi connectivity index (χ2v) is 3.87. The van der Waals surface area contributed by atoms with Crippen LogP contribution in [0.2, 0.25) is 0 Å². The van der Waals surface area contributed by atoms with Crippen molar-refractivity contribution in [2.24, 2.45) is 0 Å². The molecule has 19 heavy (non-hydrogen) atoms. The first-order valence-electron chi connectivity index (χ1n) is 5.34. The second-order valence-electron chi connectivity index (χ2n) is 3.87. The Morgan fingerprint density at radius 2 is 1.47 bits per heavy atom. The number of rotatable bonds is 3. The lowest BCUT2D eigenvalue weighted by Crippen LogP contribution is -1.97. The highest BCUT2D eigenvalue weighted by Crippen LogP contribution is 2.31. The Morgan fingerprint density at radius 1 is 0.895 bits per heavy atom. The molecule has 2 aromatic carbocycles. The predicted molar refractivity (Wildman–Crippen MR) is 72.8 cm³/mol. The van der Waals surface area contributed by atoms with E-state index in [1.807, 2.05) is 0 Å². The number of nitro benzene ring substituents is 1. The van der Waals surface area contributed by atoms with E-state index in [9.17, 15) is 10.1 Å². The number of benzene rings is 2. The van der Waals surface area contributed by atoms with Crippen LogP contribution < -0.4 is 21.9 Å². The summed E-state index contributed by atoms with van der Waals surface area (Å²) in [6.45, 7) is 0. The number of nitrogens with zero attached hydrogens (tertiary/aromatic N) is 1. The molecule has 0 fully saturated rings. The standard InChI is InChI=1S/C12H12N4O3/c13-9-3-1-7(5-11(9)15)19-8-2-4-10(14)12(6-8)16(17)18/h1-6H,13-15H2. The van der Waals surface area contributed by atoms with Gasteiger partial charge in [0, 0.05) is 6.07 Å². The molecule has 0 saturated heterocycles. The minimum atomic E-state index is -0.570. The highest BCUT2D eigenvalue weighted by molar-refractivity contribution is 5.66. The topological polar surface area (TPSA) is 130 Å². The van der Waals surface area contributed by atoms with Gasteiger partial charge in [0.1, 0.15) is 17.2 Å². The SMILES string of the molecule is Nc1ccc(Oc2ccc(N)c([N+](=O)[O-])c2)cc1N. The van der Waals surface area contributed by atoms with Crippen LogP contribution in [0.25, 0.3) is 0 Å². The molecule has 0 aliphatic carbocycles. The van der Waals surface area contributed by atoms with Crippen LogP contribution in [0.4, 0.5) is 22.7 Å². The fraction of sp³-hybridized carbons (Fsp3) is 0. The first kappa shape index (κ1) is 12.5. The zero-order valence-electron chi connectivity index (χ0n) is 9.87. The minimum Gasteiger partial charge on any atom is -0.457 e. The van der Waals surface area contributed by atoms with E-state index in [1.165, 1.54) is 24.3 Å². The maximum atomic E-state index is 10.8. The molecule has 98 valence electrons. The summed E-state index contributed by atoms with van der Waals surface area (Å²) in [6, 6.07) is 8.95. The van der Waals surface area contributed by atoms with Crippen molar-refractivity contribution < 1.29 is 9.66 Å². The van der Waals surface area contributed by atoms with Crippen LogP contribution in [-0.4, -0.2) is 4.92 Å². The normalized spacial score (nSPS) is 10.1. The van der Waals surface area contributed by atoms with E-state index in [-0.39, 0.29) is 11.4 Å². The summed E-state index contributed by atoms with van der Waals surface area (Å²) in [5.74, 6) is 0.732. The van der Waals surface area contributed by atoms with Gasteiger partial charge in [-0.25, -0.2) is 0 Å². The van der Waals surface area contributed by atoms with Gasteiger partial charge in [0.05, 0.1) is 22.4 Å². The van der Waals surface area contributed by atoms with Crippen molar-refractivity contribution in [1.82, 2.24) is 0 Å². The number of ether oxygens (including phenoxy) is 1. The molecule has 0 bridgehead atoms. The molecule has 2 rings (SSSR count). The van der Waals surface area contributed by atoms with Crippen molar-refractivity contribution in [2.75, 3.05) is 17.2 Å². The Bertz CT molecular complexity index is 643. The first-order chi connectivity index (χ1) is 8.97. The highest BCUT2D eigenvalue weighted by atomic mass is 16.6. The van der Waals surface area contributed by atoms with Gasteiger partial charge in [0.2, 0.25) is 0 Å². The molecule has 0 aliphatic rings. The van der Waals surface area contributed by atoms with Crippen LogP contribution in [0, 0.1) is 10.1 Å². The quantitative estimate of drug-likeness (QED) is 0.440. The molecule has 2 aromatic rings. The molecule has 0 aromatic heterocycles. The molecule has 7 heteroatoms. The Hall–Kier alpha value is -2.96. The van der Waals surface area contributed by atoms with Gasteiger partial charge >= 0.3 is 0 Å². The van der Waals surface area contributed by atoms with E-state index in [0.29, 0.717) is 22.9 Å². The lowest BCUT2D eigenvalue weighted by molar-refractivity contribution is -0.384. The summed E-state index contributed by atoms with van der Waals surface area (Å²) in [5.41, 5.74) is 17.4. The molecule has 0 heterocycles. The Kier molecular flexibility index (Phi) is 3.11. The molecular weight excluding hydrogens is 248 g/mol. The van der Waals surface area contributed by atoms with Crippen molar-refractivity contribution in [3.63, 3.8) is 0 Å². The number of hydrogen-bond acceptors (Lipinski definition) is 6. The number of nitrogens with two attached hydrogens (primary N) is 3. The lowest BCUT2D eigenvalue weighted by Gasteiger charge is -2.08. The summed E-state index contributed by atoms with van der Waals surface area (Å²) in [6.07, 6.45) is 0. The van der Waals surface area contributed by atoms with Crippen LogP contribution in [0.1, 0.15) is 0 Å². The maximum absolute atomic E-state index is 10.8. The van der Waals surface area contributed by atoms with Crippen LogP contribution in [0.3, 0.4) is 0 Å². The largest absolute Gasteiger partial charge is 0.457 e. The third-order valence-corrected chi connectivity index (χ3v) is 2.49.